The fraction of sp³-hybridized carbons (Fsp3) is 1.00. The zero-order chi connectivity index (χ0) is 10.6. The van der Waals surface area contributed by atoms with E-state index in [1.807, 2.05) is 0 Å². The first-order valence-corrected chi connectivity index (χ1v) is 7.31. The van der Waals surface area contributed by atoms with E-state index in [1.54, 1.807) is 0 Å². The summed E-state index contributed by atoms with van der Waals surface area (Å²) in [6.45, 7) is 9.53. The van der Waals surface area contributed by atoms with Gasteiger partial charge in [-0.15, -0.1) is 0 Å². The molecule has 1 fully saturated rings. The Morgan fingerprint density at radius 1 is 1.29 bits per heavy atom. The Morgan fingerprint density at radius 2 is 2.00 bits per heavy atom. The van der Waals surface area contributed by atoms with Crippen LogP contribution in [-0.4, -0.2) is 11.0 Å². The maximum Gasteiger partial charge on any atom is 0.00802 e. The maximum atomic E-state index is 2.43. The van der Waals surface area contributed by atoms with Gasteiger partial charge >= 0.3 is 0 Å². The van der Waals surface area contributed by atoms with Crippen LogP contribution in [0.2, 0.25) is 0 Å². The van der Waals surface area contributed by atoms with Gasteiger partial charge in [0.05, 0.1) is 0 Å². The predicted octanol–water partition coefficient (Wildman–Crippen LogP) is 4.59. The van der Waals surface area contributed by atoms with Gasteiger partial charge in [-0.3, -0.25) is 0 Å². The first-order chi connectivity index (χ1) is 6.65. The quantitative estimate of drug-likeness (QED) is 0.659. The second kappa shape index (κ2) is 6.05. The van der Waals surface area contributed by atoms with Crippen LogP contribution in [0, 0.1) is 17.8 Å². The molecule has 0 bridgehead atoms. The topological polar surface area (TPSA) is 0 Å². The van der Waals surface area contributed by atoms with Crippen molar-refractivity contribution < 1.29 is 0 Å². The lowest BCUT2D eigenvalue weighted by molar-refractivity contribution is 0.244. The smallest absolute Gasteiger partial charge is 0.00802 e. The minimum Gasteiger partial charge on any atom is -0.158 e. The molecule has 0 unspecified atom stereocenters. The Labute approximate surface area is 94.2 Å². The van der Waals surface area contributed by atoms with Crippen molar-refractivity contribution in [1.29, 1.82) is 0 Å². The van der Waals surface area contributed by atoms with Crippen molar-refractivity contribution in [2.75, 3.05) is 5.75 Å². The molecule has 0 aromatic rings. The number of rotatable bonds is 4. The highest BCUT2D eigenvalue weighted by atomic mass is 32.2. The molecule has 1 rings (SSSR count). The molecule has 0 saturated heterocycles. The van der Waals surface area contributed by atoms with E-state index in [0.717, 1.165) is 23.0 Å². The maximum absolute atomic E-state index is 2.43. The lowest BCUT2D eigenvalue weighted by atomic mass is 9.77. The monoisotopic (exact) mass is 214 g/mol. The van der Waals surface area contributed by atoms with Crippen LogP contribution in [0.25, 0.3) is 0 Å². The van der Waals surface area contributed by atoms with Crippen LogP contribution in [0.5, 0.6) is 0 Å². The van der Waals surface area contributed by atoms with Crippen molar-refractivity contribution in [1.82, 2.24) is 0 Å². The van der Waals surface area contributed by atoms with Gasteiger partial charge < -0.3 is 0 Å². The summed E-state index contributed by atoms with van der Waals surface area (Å²) in [6.07, 6.45) is 5.74. The van der Waals surface area contributed by atoms with Crippen molar-refractivity contribution in [2.24, 2.45) is 17.8 Å². The molecule has 1 aliphatic carbocycles. The van der Waals surface area contributed by atoms with E-state index in [2.05, 4.69) is 39.5 Å². The van der Waals surface area contributed by atoms with Crippen LogP contribution in [0.3, 0.4) is 0 Å². The first-order valence-electron chi connectivity index (χ1n) is 6.26. The molecule has 0 N–H and O–H groups in total. The van der Waals surface area contributed by atoms with Crippen LogP contribution < -0.4 is 0 Å². The molecule has 0 spiro atoms. The van der Waals surface area contributed by atoms with Crippen LogP contribution >= 0.6 is 11.8 Å². The molecule has 84 valence electrons. The van der Waals surface area contributed by atoms with Gasteiger partial charge in [0.25, 0.3) is 0 Å². The van der Waals surface area contributed by atoms with Crippen molar-refractivity contribution in [3.8, 4) is 0 Å². The van der Waals surface area contributed by atoms with E-state index in [1.165, 1.54) is 31.4 Å². The third-order valence-electron chi connectivity index (χ3n) is 3.50. The lowest BCUT2D eigenvalue weighted by Gasteiger charge is -2.37. The zero-order valence-electron chi connectivity index (χ0n) is 10.3. The number of hydrogen-bond acceptors (Lipinski definition) is 1. The van der Waals surface area contributed by atoms with E-state index < -0.39 is 0 Å². The average molecular weight is 214 g/mol. The molecule has 0 aliphatic heterocycles. The highest BCUT2D eigenvalue weighted by molar-refractivity contribution is 7.99. The Morgan fingerprint density at radius 3 is 2.57 bits per heavy atom. The predicted molar refractivity (Wildman–Crippen MR) is 67.9 cm³/mol. The third kappa shape index (κ3) is 3.49. The molecule has 0 nitrogen and oxygen atoms in total. The molecule has 0 radical (unpaired) electrons. The second-order valence-electron chi connectivity index (χ2n) is 5.24. The summed E-state index contributed by atoms with van der Waals surface area (Å²) < 4.78 is 0. The summed E-state index contributed by atoms with van der Waals surface area (Å²) in [4.78, 5) is 0. The van der Waals surface area contributed by atoms with E-state index in [-0.39, 0.29) is 0 Å². The first kappa shape index (κ1) is 12.4. The highest BCUT2D eigenvalue weighted by Gasteiger charge is 2.30. The van der Waals surface area contributed by atoms with E-state index in [4.69, 9.17) is 0 Å². The molecule has 0 amide bonds. The molecule has 1 aliphatic rings. The summed E-state index contributed by atoms with van der Waals surface area (Å²) in [5.74, 6) is 4.21. The molecular weight excluding hydrogens is 188 g/mol. The molecule has 14 heavy (non-hydrogen) atoms. The molecule has 1 heteroatoms. The molecule has 0 aromatic heterocycles. The summed E-state index contributed by atoms with van der Waals surface area (Å²) in [6, 6.07) is 0. The van der Waals surface area contributed by atoms with Crippen molar-refractivity contribution in [3.63, 3.8) is 0 Å². The Kier molecular flexibility index (Phi) is 5.36. The van der Waals surface area contributed by atoms with Crippen LogP contribution in [0.1, 0.15) is 53.4 Å². The Hall–Kier alpha value is 0.350. The average Bonchev–Trinajstić information content (AvgIpc) is 2.14. The van der Waals surface area contributed by atoms with Crippen LogP contribution in [0.15, 0.2) is 0 Å². The van der Waals surface area contributed by atoms with Gasteiger partial charge in [-0.25, -0.2) is 0 Å². The van der Waals surface area contributed by atoms with Gasteiger partial charge in [-0.05, 0) is 42.8 Å². The largest absolute Gasteiger partial charge is 0.158 e. The third-order valence-corrected chi connectivity index (χ3v) is 5.11. The van der Waals surface area contributed by atoms with Gasteiger partial charge in [0.1, 0.15) is 0 Å². The van der Waals surface area contributed by atoms with Crippen molar-refractivity contribution in [3.05, 3.63) is 0 Å². The fourth-order valence-electron chi connectivity index (χ4n) is 2.58. The van der Waals surface area contributed by atoms with Crippen LogP contribution in [-0.2, 0) is 0 Å². The SMILES string of the molecule is CCCS[C@@H]1C[C@H](C)CC[C@H]1C(C)C. The van der Waals surface area contributed by atoms with E-state index >= 15 is 0 Å². The highest BCUT2D eigenvalue weighted by Crippen LogP contribution is 2.40. The molecule has 0 heterocycles. The molecule has 0 aromatic carbocycles. The Balaban J connectivity index is 2.45. The van der Waals surface area contributed by atoms with Gasteiger partial charge in [-0.1, -0.05) is 34.1 Å². The van der Waals surface area contributed by atoms with Crippen LogP contribution in [0.4, 0.5) is 0 Å². The minimum atomic E-state index is 0.886. The van der Waals surface area contributed by atoms with E-state index in [0.29, 0.717) is 0 Å². The van der Waals surface area contributed by atoms with Crippen molar-refractivity contribution >= 4 is 11.8 Å². The normalized spacial score (nSPS) is 33.6. The van der Waals surface area contributed by atoms with E-state index in [9.17, 15) is 0 Å². The summed E-state index contributed by atoms with van der Waals surface area (Å²) in [7, 11) is 0. The number of hydrogen-bond donors (Lipinski definition) is 0. The second-order valence-corrected chi connectivity index (χ2v) is 6.58. The molecular formula is C13H26S. The zero-order valence-corrected chi connectivity index (χ0v) is 11.1. The number of thioether (sulfide) groups is 1. The minimum absolute atomic E-state index is 0.886. The standard InChI is InChI=1S/C13H26S/c1-5-8-14-13-9-11(4)6-7-12(13)10(2)3/h10-13H,5-9H2,1-4H3/t11-,12+,13-/m1/s1. The van der Waals surface area contributed by atoms with Gasteiger partial charge in [0.15, 0.2) is 0 Å². The molecule has 3 atom stereocenters. The summed E-state index contributed by atoms with van der Waals surface area (Å²) >= 11 is 2.24. The Bertz CT molecular complexity index is 153. The molecule has 1 saturated carbocycles. The lowest BCUT2D eigenvalue weighted by Crippen LogP contribution is -2.30. The fourth-order valence-corrected chi connectivity index (χ4v) is 4.28. The van der Waals surface area contributed by atoms with Gasteiger partial charge in [-0.2, -0.15) is 11.8 Å². The van der Waals surface area contributed by atoms with Crippen molar-refractivity contribution in [2.45, 2.75) is 58.6 Å². The summed E-state index contributed by atoms with van der Waals surface area (Å²) in [5.41, 5.74) is 0. The summed E-state index contributed by atoms with van der Waals surface area (Å²) in [5, 5.41) is 0.957. The van der Waals surface area contributed by atoms with Gasteiger partial charge in [0.2, 0.25) is 0 Å². The van der Waals surface area contributed by atoms with Gasteiger partial charge in [0, 0.05) is 5.25 Å².